The normalized spacial score (nSPS) is 10.4. The van der Waals surface area contributed by atoms with Crippen LogP contribution in [-0.2, 0) is 11.2 Å². The van der Waals surface area contributed by atoms with Gasteiger partial charge in [0.05, 0.1) is 0 Å². The molecular weight excluding hydrogens is 489 g/mol. The fourth-order valence-electron chi connectivity index (χ4n) is 2.26. The molecule has 0 spiro atoms. The van der Waals surface area contributed by atoms with Gasteiger partial charge in [0.2, 0.25) is 5.91 Å². The lowest BCUT2D eigenvalue weighted by Gasteiger charge is -2.11. The van der Waals surface area contributed by atoms with E-state index >= 15 is 0 Å². The summed E-state index contributed by atoms with van der Waals surface area (Å²) in [4.78, 5) is 20.5. The second-order valence-corrected chi connectivity index (χ2v) is 6.02. The van der Waals surface area contributed by atoms with Gasteiger partial charge in [0.1, 0.15) is 11.7 Å². The molecule has 1 aromatic heterocycles. The highest BCUT2D eigenvalue weighted by atomic mass is 127. The van der Waals surface area contributed by atoms with E-state index in [-0.39, 0.29) is 36.4 Å². The van der Waals surface area contributed by atoms with Crippen molar-refractivity contribution in [1.82, 2.24) is 15.6 Å². The fraction of sp³-hybridized carbons (Fsp3) is 0.250. The topological polar surface area (TPSA) is 78.4 Å². The van der Waals surface area contributed by atoms with Gasteiger partial charge in [0.25, 0.3) is 0 Å². The van der Waals surface area contributed by atoms with Gasteiger partial charge in [-0.15, -0.1) is 30.4 Å². The van der Waals surface area contributed by atoms with Crippen molar-refractivity contribution < 1.29 is 4.79 Å². The number of nitrogens with zero attached hydrogens (tertiary/aromatic N) is 2. The zero-order valence-electron chi connectivity index (χ0n) is 15.5. The third-order valence-corrected chi connectivity index (χ3v) is 3.76. The predicted octanol–water partition coefficient (Wildman–Crippen LogP) is 3.07. The highest BCUT2D eigenvalue weighted by molar-refractivity contribution is 14.0. The highest BCUT2D eigenvalue weighted by Gasteiger charge is 2.04. The Morgan fingerprint density at radius 2 is 2.11 bits per heavy atom. The number of pyridine rings is 1. The smallest absolute Gasteiger partial charge is 0.246 e. The predicted molar refractivity (Wildman–Crippen MR) is 125 cm³/mol. The standard InChI is InChI=1S/C20H22ClN5O.HI/c1-3-15-6-5-7-17(12-15)26-19(27)14-25-20(22-4-2)23-11-10-16-8-9-18(21)24-13-16;/h1,5-9,12-13H,4,10-11,14H2,2H3,(H,26,27)(H2,22,23,25);1H. The van der Waals surface area contributed by atoms with Crippen molar-refractivity contribution in [2.45, 2.75) is 13.3 Å². The Morgan fingerprint density at radius 1 is 1.29 bits per heavy atom. The van der Waals surface area contributed by atoms with Crippen molar-refractivity contribution in [3.8, 4) is 12.3 Å². The third-order valence-electron chi connectivity index (χ3n) is 3.53. The lowest BCUT2D eigenvalue weighted by atomic mass is 10.2. The monoisotopic (exact) mass is 511 g/mol. The van der Waals surface area contributed by atoms with Crippen molar-refractivity contribution >= 4 is 53.1 Å². The molecule has 0 aliphatic carbocycles. The Bertz CT molecular complexity index is 833. The number of benzene rings is 1. The molecule has 148 valence electrons. The van der Waals surface area contributed by atoms with Gasteiger partial charge in [0.15, 0.2) is 5.96 Å². The molecule has 0 bridgehead atoms. The first-order valence-electron chi connectivity index (χ1n) is 8.60. The summed E-state index contributed by atoms with van der Waals surface area (Å²) in [6, 6.07) is 10.8. The number of halogens is 2. The van der Waals surface area contributed by atoms with Crippen molar-refractivity contribution in [2.24, 2.45) is 4.99 Å². The van der Waals surface area contributed by atoms with Crippen molar-refractivity contribution in [3.05, 3.63) is 58.9 Å². The maximum atomic E-state index is 12.1. The summed E-state index contributed by atoms with van der Waals surface area (Å²) in [6.45, 7) is 3.31. The number of terminal acetylenes is 1. The minimum atomic E-state index is -0.219. The maximum absolute atomic E-state index is 12.1. The van der Waals surface area contributed by atoms with Crippen LogP contribution in [0, 0.1) is 12.3 Å². The van der Waals surface area contributed by atoms with E-state index in [1.165, 1.54) is 0 Å². The van der Waals surface area contributed by atoms with Gasteiger partial charge in [-0.1, -0.05) is 29.7 Å². The number of carbonyl (C=O) groups is 1. The lowest BCUT2D eigenvalue weighted by molar-refractivity contribution is -0.114. The highest BCUT2D eigenvalue weighted by Crippen LogP contribution is 2.09. The van der Waals surface area contributed by atoms with Crippen molar-refractivity contribution in [2.75, 3.05) is 25.0 Å². The Kier molecular flexibility index (Phi) is 11.0. The molecule has 0 radical (unpaired) electrons. The Morgan fingerprint density at radius 3 is 2.79 bits per heavy atom. The molecule has 1 amide bonds. The van der Waals surface area contributed by atoms with E-state index in [9.17, 15) is 4.79 Å². The number of carbonyl (C=O) groups excluding carboxylic acids is 1. The molecule has 0 fully saturated rings. The zero-order chi connectivity index (χ0) is 19.5. The largest absolute Gasteiger partial charge is 0.357 e. The molecule has 1 heterocycles. The first kappa shape index (κ1) is 23.7. The van der Waals surface area contributed by atoms with E-state index in [2.05, 4.69) is 31.8 Å². The summed E-state index contributed by atoms with van der Waals surface area (Å²) in [5.41, 5.74) is 2.43. The third kappa shape index (κ3) is 8.59. The van der Waals surface area contributed by atoms with Gasteiger partial charge in [-0.25, -0.2) is 9.98 Å². The van der Waals surface area contributed by atoms with E-state index in [0.717, 1.165) is 12.0 Å². The van der Waals surface area contributed by atoms with Crippen molar-refractivity contribution in [3.63, 3.8) is 0 Å². The number of guanidine groups is 1. The van der Waals surface area contributed by atoms with Gasteiger partial charge in [-0.3, -0.25) is 4.79 Å². The second kappa shape index (κ2) is 13.0. The summed E-state index contributed by atoms with van der Waals surface area (Å²) >= 11 is 5.78. The van der Waals surface area contributed by atoms with E-state index in [0.29, 0.717) is 35.5 Å². The van der Waals surface area contributed by atoms with Gasteiger partial charge in [0, 0.05) is 30.5 Å². The number of amides is 1. The molecule has 2 aromatic rings. The minimum absolute atomic E-state index is 0. The van der Waals surface area contributed by atoms with Crippen LogP contribution in [0.2, 0.25) is 5.15 Å². The number of aliphatic imine (C=N–C) groups is 1. The van der Waals surface area contributed by atoms with E-state index in [4.69, 9.17) is 18.0 Å². The molecular formula is C20H23ClIN5O. The Balaban J connectivity index is 0.00000392. The molecule has 2 rings (SSSR count). The zero-order valence-corrected chi connectivity index (χ0v) is 18.6. The summed E-state index contributed by atoms with van der Waals surface area (Å²) in [5, 5.41) is 9.56. The van der Waals surface area contributed by atoms with Gasteiger partial charge < -0.3 is 16.0 Å². The number of rotatable bonds is 7. The first-order chi connectivity index (χ1) is 13.1. The Labute approximate surface area is 187 Å². The van der Waals surface area contributed by atoms with Crippen LogP contribution in [0.25, 0.3) is 0 Å². The van der Waals surface area contributed by atoms with Gasteiger partial charge in [-0.05, 0) is 43.2 Å². The second-order valence-electron chi connectivity index (χ2n) is 5.63. The minimum Gasteiger partial charge on any atom is -0.357 e. The average molecular weight is 512 g/mol. The maximum Gasteiger partial charge on any atom is 0.246 e. The fourth-order valence-corrected chi connectivity index (χ4v) is 2.37. The molecule has 0 saturated carbocycles. The first-order valence-corrected chi connectivity index (χ1v) is 8.97. The van der Waals surface area contributed by atoms with Gasteiger partial charge >= 0.3 is 0 Å². The van der Waals surface area contributed by atoms with Crippen LogP contribution in [0.15, 0.2) is 47.6 Å². The molecule has 8 heteroatoms. The number of hydrogen-bond acceptors (Lipinski definition) is 3. The molecule has 1 aromatic carbocycles. The van der Waals surface area contributed by atoms with E-state index < -0.39 is 0 Å². The Hall–Kier alpha value is -2.31. The molecule has 0 unspecified atom stereocenters. The number of hydrogen-bond donors (Lipinski definition) is 3. The molecule has 28 heavy (non-hydrogen) atoms. The molecule has 0 aliphatic rings. The lowest BCUT2D eigenvalue weighted by Crippen LogP contribution is -2.39. The van der Waals surface area contributed by atoms with Crippen LogP contribution in [0.3, 0.4) is 0 Å². The van der Waals surface area contributed by atoms with Crippen LogP contribution < -0.4 is 16.0 Å². The van der Waals surface area contributed by atoms with E-state index in [1.807, 2.05) is 13.0 Å². The number of anilines is 1. The summed E-state index contributed by atoms with van der Waals surface area (Å²) in [7, 11) is 0. The average Bonchev–Trinajstić information content (AvgIpc) is 2.68. The van der Waals surface area contributed by atoms with Crippen LogP contribution in [0.1, 0.15) is 18.1 Å². The van der Waals surface area contributed by atoms with Crippen molar-refractivity contribution in [1.29, 1.82) is 0 Å². The summed E-state index contributed by atoms with van der Waals surface area (Å²) in [5.74, 6) is 2.89. The van der Waals surface area contributed by atoms with Crippen LogP contribution in [0.5, 0.6) is 0 Å². The number of nitrogens with one attached hydrogen (secondary N) is 3. The quantitative estimate of drug-likeness (QED) is 0.176. The molecule has 0 aliphatic heterocycles. The molecule has 6 nitrogen and oxygen atoms in total. The number of aromatic nitrogens is 1. The molecule has 3 N–H and O–H groups in total. The summed E-state index contributed by atoms with van der Waals surface area (Å²) in [6.07, 6.45) is 7.87. The van der Waals surface area contributed by atoms with E-state index in [1.54, 1.807) is 36.5 Å². The van der Waals surface area contributed by atoms with Crippen LogP contribution in [0.4, 0.5) is 5.69 Å². The SMILES string of the molecule is C#Cc1cccc(NC(=O)CN=C(NCC)NCCc2ccc(Cl)nc2)c1.I. The molecule has 0 saturated heterocycles. The van der Waals surface area contributed by atoms with Gasteiger partial charge in [-0.2, -0.15) is 0 Å². The van der Waals surface area contributed by atoms with Crippen LogP contribution >= 0.6 is 35.6 Å². The van der Waals surface area contributed by atoms with Crippen LogP contribution in [-0.4, -0.2) is 36.5 Å². The molecule has 0 atom stereocenters. The summed E-state index contributed by atoms with van der Waals surface area (Å²) < 4.78 is 0.